The van der Waals surface area contributed by atoms with Crippen molar-refractivity contribution >= 4 is 0 Å². The molecule has 0 radical (unpaired) electrons. The van der Waals surface area contributed by atoms with Crippen molar-refractivity contribution < 1.29 is 22.0 Å². The van der Waals surface area contributed by atoms with Crippen LogP contribution in [0.25, 0.3) is 22.3 Å². The van der Waals surface area contributed by atoms with Gasteiger partial charge in [-0.05, 0) is 70.8 Å². The summed E-state index contributed by atoms with van der Waals surface area (Å²) in [5.41, 5.74) is 2.83. The molecule has 4 rings (SSSR count). The van der Waals surface area contributed by atoms with Crippen LogP contribution in [0.3, 0.4) is 0 Å². The van der Waals surface area contributed by atoms with Gasteiger partial charge in [0.2, 0.25) is 0 Å². The molecule has 28 heavy (non-hydrogen) atoms. The van der Waals surface area contributed by atoms with Crippen LogP contribution in [0.1, 0.15) is 30.0 Å². The summed E-state index contributed by atoms with van der Waals surface area (Å²) < 4.78 is 70.3. The van der Waals surface area contributed by atoms with Crippen molar-refractivity contribution in [2.45, 2.75) is 32.6 Å². The van der Waals surface area contributed by atoms with Crippen LogP contribution in [0, 0.1) is 29.1 Å². The Morgan fingerprint density at radius 2 is 1.46 bits per heavy atom. The molecule has 0 N–H and O–H groups in total. The summed E-state index contributed by atoms with van der Waals surface area (Å²) >= 11 is 0. The molecule has 0 unspecified atom stereocenters. The smallest absolute Gasteiger partial charge is 0.194 e. The van der Waals surface area contributed by atoms with E-state index in [1.807, 2.05) is 12.1 Å². The first-order chi connectivity index (χ1) is 13.4. The van der Waals surface area contributed by atoms with Gasteiger partial charge >= 0.3 is 0 Å². The van der Waals surface area contributed by atoms with Gasteiger partial charge < -0.3 is 0 Å². The Labute approximate surface area is 159 Å². The fraction of sp³-hybridized carbons (Fsp3) is 0.217. The molecule has 3 aromatic carbocycles. The summed E-state index contributed by atoms with van der Waals surface area (Å²) in [4.78, 5) is 0. The average Bonchev–Trinajstić information content (AvgIpc) is 2.66. The highest BCUT2D eigenvalue weighted by atomic mass is 19.2. The molecule has 0 saturated carbocycles. The SMILES string of the molecule is CCCc1ccc2c(c1)CCc1c-2cc(F)c(-c2cc(F)c(F)c(F)c2)c1F. The predicted molar refractivity (Wildman–Crippen MR) is 98.5 cm³/mol. The Kier molecular flexibility index (Phi) is 4.69. The van der Waals surface area contributed by atoms with Crippen LogP contribution in [0.4, 0.5) is 22.0 Å². The van der Waals surface area contributed by atoms with Crippen LogP contribution in [0.2, 0.25) is 0 Å². The van der Waals surface area contributed by atoms with Crippen molar-refractivity contribution in [3.63, 3.8) is 0 Å². The number of aryl methyl sites for hydroxylation is 2. The minimum atomic E-state index is -1.67. The third-order valence-electron chi connectivity index (χ3n) is 5.23. The van der Waals surface area contributed by atoms with Crippen molar-refractivity contribution in [2.75, 3.05) is 0 Å². The van der Waals surface area contributed by atoms with E-state index >= 15 is 4.39 Å². The molecule has 0 atom stereocenters. The van der Waals surface area contributed by atoms with Gasteiger partial charge in [0.25, 0.3) is 0 Å². The summed E-state index contributed by atoms with van der Waals surface area (Å²) in [6, 6.07) is 8.31. The van der Waals surface area contributed by atoms with E-state index in [9.17, 15) is 17.6 Å². The van der Waals surface area contributed by atoms with Crippen molar-refractivity contribution in [2.24, 2.45) is 0 Å². The molecule has 0 spiro atoms. The molecule has 1 aliphatic carbocycles. The van der Waals surface area contributed by atoms with Crippen molar-refractivity contribution in [3.05, 3.63) is 82.2 Å². The van der Waals surface area contributed by atoms with Gasteiger partial charge in [0.05, 0.1) is 5.56 Å². The lowest BCUT2D eigenvalue weighted by atomic mass is 9.82. The molecule has 0 fully saturated rings. The van der Waals surface area contributed by atoms with E-state index in [2.05, 4.69) is 13.0 Å². The van der Waals surface area contributed by atoms with Gasteiger partial charge in [0.1, 0.15) is 11.6 Å². The molecule has 5 heteroatoms. The molecule has 0 saturated heterocycles. The van der Waals surface area contributed by atoms with Crippen molar-refractivity contribution in [3.8, 4) is 22.3 Å². The third kappa shape index (κ3) is 2.99. The highest BCUT2D eigenvalue weighted by Crippen LogP contribution is 2.40. The first-order valence-electron chi connectivity index (χ1n) is 9.18. The Hall–Kier alpha value is -2.69. The Morgan fingerprint density at radius 1 is 0.750 bits per heavy atom. The zero-order chi connectivity index (χ0) is 20.0. The Morgan fingerprint density at radius 3 is 2.14 bits per heavy atom. The van der Waals surface area contributed by atoms with Crippen LogP contribution in [0.15, 0.2) is 36.4 Å². The first kappa shape index (κ1) is 18.7. The summed E-state index contributed by atoms with van der Waals surface area (Å²) in [6.07, 6.45) is 2.88. The number of rotatable bonds is 3. The fourth-order valence-electron chi connectivity index (χ4n) is 3.93. The summed E-state index contributed by atoms with van der Waals surface area (Å²) in [5.74, 6) is -6.43. The van der Waals surface area contributed by atoms with Gasteiger partial charge in [-0.2, -0.15) is 0 Å². The lowest BCUT2D eigenvalue weighted by molar-refractivity contribution is 0.447. The molecule has 0 aromatic heterocycles. The molecule has 0 aliphatic heterocycles. The predicted octanol–water partition coefficient (Wildman–Crippen LogP) is 6.77. The number of hydrogen-bond acceptors (Lipinski definition) is 0. The number of hydrogen-bond donors (Lipinski definition) is 0. The zero-order valence-corrected chi connectivity index (χ0v) is 15.2. The van der Waals surface area contributed by atoms with Crippen LogP contribution < -0.4 is 0 Å². The van der Waals surface area contributed by atoms with Crippen molar-refractivity contribution in [1.82, 2.24) is 0 Å². The lowest BCUT2D eigenvalue weighted by Crippen LogP contribution is -2.09. The molecule has 1 aliphatic rings. The quantitative estimate of drug-likeness (QED) is 0.343. The second kappa shape index (κ2) is 7.04. The molecular formula is C23H17F5. The average molecular weight is 388 g/mol. The normalized spacial score (nSPS) is 12.6. The number of halogens is 5. The minimum absolute atomic E-state index is 0.303. The lowest BCUT2D eigenvalue weighted by Gasteiger charge is -2.23. The molecule has 0 amide bonds. The highest BCUT2D eigenvalue weighted by molar-refractivity contribution is 5.78. The van der Waals surface area contributed by atoms with Gasteiger partial charge in [-0.3, -0.25) is 0 Å². The Balaban J connectivity index is 1.88. The van der Waals surface area contributed by atoms with E-state index in [0.717, 1.165) is 24.0 Å². The monoisotopic (exact) mass is 388 g/mol. The standard InChI is InChI=1S/C23H17F5/c1-2-3-12-4-6-15-13(8-12)5-7-16-17(15)11-18(24)21(22(16)27)14-9-19(25)23(28)20(26)10-14/h4,6,8-11H,2-3,5,7H2,1H3. The molecule has 144 valence electrons. The molecule has 3 aromatic rings. The van der Waals surface area contributed by atoms with Crippen molar-refractivity contribution in [1.29, 1.82) is 0 Å². The molecular weight excluding hydrogens is 371 g/mol. The van der Waals surface area contributed by atoms with Gasteiger partial charge in [0.15, 0.2) is 17.5 Å². The molecule has 0 nitrogen and oxygen atoms in total. The second-order valence-electron chi connectivity index (χ2n) is 7.07. The van der Waals surface area contributed by atoms with Gasteiger partial charge in [-0.15, -0.1) is 0 Å². The number of benzene rings is 3. The van der Waals surface area contributed by atoms with Crippen LogP contribution in [0.5, 0.6) is 0 Å². The van der Waals surface area contributed by atoms with Gasteiger partial charge in [-0.1, -0.05) is 31.5 Å². The Bertz CT molecular complexity index is 1060. The number of fused-ring (bicyclic) bond motifs is 3. The second-order valence-corrected chi connectivity index (χ2v) is 7.07. The van der Waals surface area contributed by atoms with Gasteiger partial charge in [-0.25, -0.2) is 22.0 Å². The van der Waals surface area contributed by atoms with E-state index in [1.165, 1.54) is 11.6 Å². The maximum Gasteiger partial charge on any atom is 0.194 e. The maximum absolute atomic E-state index is 15.2. The topological polar surface area (TPSA) is 0 Å². The van der Waals surface area contributed by atoms with Crippen LogP contribution >= 0.6 is 0 Å². The van der Waals surface area contributed by atoms with E-state index in [0.29, 0.717) is 36.1 Å². The summed E-state index contributed by atoms with van der Waals surface area (Å²) in [6.45, 7) is 2.09. The zero-order valence-electron chi connectivity index (χ0n) is 15.2. The van der Waals surface area contributed by atoms with E-state index < -0.39 is 34.6 Å². The van der Waals surface area contributed by atoms with Gasteiger partial charge in [0, 0.05) is 0 Å². The molecule has 0 heterocycles. The third-order valence-corrected chi connectivity index (χ3v) is 5.23. The van der Waals surface area contributed by atoms with E-state index in [-0.39, 0.29) is 5.56 Å². The fourth-order valence-corrected chi connectivity index (χ4v) is 3.93. The van der Waals surface area contributed by atoms with E-state index in [1.54, 1.807) is 0 Å². The largest absolute Gasteiger partial charge is 0.206 e. The highest BCUT2D eigenvalue weighted by Gasteiger charge is 2.26. The first-order valence-corrected chi connectivity index (χ1v) is 9.18. The maximum atomic E-state index is 15.2. The van der Waals surface area contributed by atoms with E-state index in [4.69, 9.17) is 0 Å². The van der Waals surface area contributed by atoms with Crippen LogP contribution in [-0.4, -0.2) is 0 Å². The summed E-state index contributed by atoms with van der Waals surface area (Å²) in [7, 11) is 0. The minimum Gasteiger partial charge on any atom is -0.206 e. The van der Waals surface area contributed by atoms with Crippen LogP contribution in [-0.2, 0) is 19.3 Å². The molecule has 0 bridgehead atoms. The summed E-state index contributed by atoms with van der Waals surface area (Å²) in [5, 5.41) is 0.